The summed E-state index contributed by atoms with van der Waals surface area (Å²) in [6.45, 7) is 5.14. The monoisotopic (exact) mass is 286 g/mol. The molecule has 0 saturated carbocycles. The van der Waals surface area contributed by atoms with Gasteiger partial charge in [-0.25, -0.2) is 4.79 Å². The van der Waals surface area contributed by atoms with Gasteiger partial charge in [-0.2, -0.15) is 0 Å². The number of rotatable bonds is 3. The molecule has 2 amide bonds. The van der Waals surface area contributed by atoms with Crippen LogP contribution in [-0.2, 0) is 4.74 Å². The standard InChI is InChI=1S/C17H22N2O2/c1-4-8-16(15-9-6-5-7-10-15)18-17(20)19-11-14(3)21-12-13(19)2/h1,5-7,9-10,13-14,16H,8,11-12H2,2-3H3,(H,18,20)/t13-,14+,16+/m1/s1. The molecule has 1 aromatic rings. The Morgan fingerprint density at radius 1 is 1.48 bits per heavy atom. The third-order valence-corrected chi connectivity index (χ3v) is 3.69. The highest BCUT2D eigenvalue weighted by molar-refractivity contribution is 5.75. The number of urea groups is 1. The number of ether oxygens (including phenoxy) is 1. The zero-order valence-electron chi connectivity index (χ0n) is 12.6. The van der Waals surface area contributed by atoms with Gasteiger partial charge in [-0.05, 0) is 19.4 Å². The van der Waals surface area contributed by atoms with Gasteiger partial charge < -0.3 is 15.0 Å². The molecule has 0 bridgehead atoms. The number of hydrogen-bond acceptors (Lipinski definition) is 2. The molecule has 0 radical (unpaired) electrons. The molecular formula is C17H22N2O2. The van der Waals surface area contributed by atoms with E-state index in [1.54, 1.807) is 0 Å². The van der Waals surface area contributed by atoms with E-state index < -0.39 is 0 Å². The largest absolute Gasteiger partial charge is 0.375 e. The quantitative estimate of drug-likeness (QED) is 0.868. The maximum Gasteiger partial charge on any atom is 0.318 e. The van der Waals surface area contributed by atoms with E-state index in [0.717, 1.165) is 5.56 Å². The van der Waals surface area contributed by atoms with E-state index in [9.17, 15) is 4.79 Å². The Hall–Kier alpha value is -1.99. The van der Waals surface area contributed by atoms with Crippen LogP contribution in [-0.4, -0.2) is 36.2 Å². The second-order valence-electron chi connectivity index (χ2n) is 5.47. The molecule has 0 unspecified atom stereocenters. The van der Waals surface area contributed by atoms with Gasteiger partial charge in [0, 0.05) is 13.0 Å². The summed E-state index contributed by atoms with van der Waals surface area (Å²) in [7, 11) is 0. The summed E-state index contributed by atoms with van der Waals surface area (Å²) in [6.07, 6.45) is 5.98. The minimum atomic E-state index is -0.158. The van der Waals surface area contributed by atoms with Gasteiger partial charge in [-0.15, -0.1) is 12.3 Å². The van der Waals surface area contributed by atoms with E-state index in [0.29, 0.717) is 19.6 Å². The fourth-order valence-corrected chi connectivity index (χ4v) is 2.47. The van der Waals surface area contributed by atoms with E-state index in [2.05, 4.69) is 11.2 Å². The zero-order chi connectivity index (χ0) is 15.2. The van der Waals surface area contributed by atoms with Crippen LogP contribution < -0.4 is 5.32 Å². The number of benzene rings is 1. The first-order valence-corrected chi connectivity index (χ1v) is 7.29. The van der Waals surface area contributed by atoms with Gasteiger partial charge in [0.25, 0.3) is 0 Å². The summed E-state index contributed by atoms with van der Waals surface area (Å²) in [5.74, 6) is 2.64. The van der Waals surface area contributed by atoms with Gasteiger partial charge in [0.15, 0.2) is 0 Å². The maximum absolute atomic E-state index is 12.5. The third kappa shape index (κ3) is 3.99. The van der Waals surface area contributed by atoms with Crippen LogP contribution in [0.15, 0.2) is 30.3 Å². The summed E-state index contributed by atoms with van der Waals surface area (Å²) < 4.78 is 5.55. The van der Waals surface area contributed by atoms with Crippen molar-refractivity contribution in [1.29, 1.82) is 0 Å². The van der Waals surface area contributed by atoms with Crippen molar-refractivity contribution < 1.29 is 9.53 Å². The Morgan fingerprint density at radius 2 is 2.19 bits per heavy atom. The Labute approximate surface area is 126 Å². The summed E-state index contributed by atoms with van der Waals surface area (Å²) in [5.41, 5.74) is 1.03. The predicted molar refractivity (Wildman–Crippen MR) is 82.7 cm³/mol. The first-order valence-electron chi connectivity index (χ1n) is 7.29. The van der Waals surface area contributed by atoms with Gasteiger partial charge in [-0.1, -0.05) is 30.3 Å². The van der Waals surface area contributed by atoms with Crippen molar-refractivity contribution in [1.82, 2.24) is 10.2 Å². The Balaban J connectivity index is 2.06. The predicted octanol–water partition coefficient (Wildman–Crippen LogP) is 2.57. The van der Waals surface area contributed by atoms with Crippen molar-refractivity contribution in [2.24, 2.45) is 0 Å². The smallest absolute Gasteiger partial charge is 0.318 e. The van der Waals surface area contributed by atoms with E-state index in [-0.39, 0.29) is 24.2 Å². The molecule has 0 aliphatic carbocycles. The van der Waals surface area contributed by atoms with Gasteiger partial charge in [-0.3, -0.25) is 0 Å². The summed E-state index contributed by atoms with van der Waals surface area (Å²) in [4.78, 5) is 14.3. The fraction of sp³-hybridized carbons (Fsp3) is 0.471. The van der Waals surface area contributed by atoms with Crippen molar-refractivity contribution in [2.75, 3.05) is 13.2 Å². The van der Waals surface area contributed by atoms with Crippen LogP contribution in [0.2, 0.25) is 0 Å². The van der Waals surface area contributed by atoms with Crippen LogP contribution in [0.5, 0.6) is 0 Å². The van der Waals surface area contributed by atoms with Crippen molar-refractivity contribution >= 4 is 6.03 Å². The molecule has 1 aromatic carbocycles. The molecule has 1 N–H and O–H groups in total. The molecule has 112 valence electrons. The van der Waals surface area contributed by atoms with Crippen molar-refractivity contribution in [3.05, 3.63) is 35.9 Å². The number of carbonyl (C=O) groups is 1. The zero-order valence-corrected chi connectivity index (χ0v) is 12.6. The van der Waals surface area contributed by atoms with Gasteiger partial charge in [0.1, 0.15) is 0 Å². The highest BCUT2D eigenvalue weighted by Gasteiger charge is 2.28. The number of morpholine rings is 1. The average Bonchev–Trinajstić information content (AvgIpc) is 2.50. The first-order chi connectivity index (χ1) is 10.1. The van der Waals surface area contributed by atoms with Gasteiger partial charge in [0.05, 0.1) is 24.8 Å². The van der Waals surface area contributed by atoms with E-state index in [1.807, 2.05) is 49.1 Å². The molecule has 1 aliphatic rings. The first kappa shape index (κ1) is 15.4. The van der Waals surface area contributed by atoms with Crippen LogP contribution in [0.25, 0.3) is 0 Å². The number of nitrogens with zero attached hydrogens (tertiary/aromatic N) is 1. The van der Waals surface area contributed by atoms with Crippen LogP contribution in [0.1, 0.15) is 31.9 Å². The lowest BCUT2D eigenvalue weighted by atomic mass is 10.0. The second kappa shape index (κ2) is 7.14. The van der Waals surface area contributed by atoms with Crippen molar-refractivity contribution in [2.45, 2.75) is 38.5 Å². The highest BCUT2D eigenvalue weighted by Crippen LogP contribution is 2.18. The molecule has 0 spiro atoms. The molecular weight excluding hydrogens is 264 g/mol. The van der Waals surface area contributed by atoms with E-state index >= 15 is 0 Å². The van der Waals surface area contributed by atoms with Crippen LogP contribution in [0, 0.1) is 12.3 Å². The van der Waals surface area contributed by atoms with E-state index in [1.165, 1.54) is 0 Å². The third-order valence-electron chi connectivity index (χ3n) is 3.69. The molecule has 1 saturated heterocycles. The number of carbonyl (C=O) groups excluding carboxylic acids is 1. The number of amides is 2. The fourth-order valence-electron chi connectivity index (χ4n) is 2.47. The Morgan fingerprint density at radius 3 is 2.86 bits per heavy atom. The number of hydrogen-bond donors (Lipinski definition) is 1. The van der Waals surface area contributed by atoms with Crippen molar-refractivity contribution in [3.63, 3.8) is 0 Å². The topological polar surface area (TPSA) is 41.6 Å². The van der Waals surface area contributed by atoms with Gasteiger partial charge >= 0.3 is 6.03 Å². The molecule has 1 fully saturated rings. The molecule has 4 nitrogen and oxygen atoms in total. The molecule has 21 heavy (non-hydrogen) atoms. The minimum absolute atomic E-state index is 0.0646. The van der Waals surface area contributed by atoms with Crippen LogP contribution in [0.4, 0.5) is 4.79 Å². The molecule has 4 heteroatoms. The van der Waals surface area contributed by atoms with Crippen LogP contribution >= 0.6 is 0 Å². The van der Waals surface area contributed by atoms with Crippen LogP contribution in [0.3, 0.4) is 0 Å². The summed E-state index contributed by atoms with van der Waals surface area (Å²) in [6, 6.07) is 9.64. The maximum atomic E-state index is 12.5. The molecule has 0 aromatic heterocycles. The number of nitrogens with one attached hydrogen (secondary N) is 1. The number of terminal acetylenes is 1. The summed E-state index contributed by atoms with van der Waals surface area (Å²) >= 11 is 0. The van der Waals surface area contributed by atoms with Crippen molar-refractivity contribution in [3.8, 4) is 12.3 Å². The highest BCUT2D eigenvalue weighted by atomic mass is 16.5. The average molecular weight is 286 g/mol. The molecule has 1 heterocycles. The van der Waals surface area contributed by atoms with E-state index in [4.69, 9.17) is 11.2 Å². The molecule has 3 atom stereocenters. The summed E-state index contributed by atoms with van der Waals surface area (Å²) in [5, 5.41) is 3.04. The normalized spacial score (nSPS) is 23.2. The molecule has 1 aliphatic heterocycles. The minimum Gasteiger partial charge on any atom is -0.375 e. The second-order valence-corrected chi connectivity index (χ2v) is 5.47. The SMILES string of the molecule is C#CC[C@H](NC(=O)N1C[C@H](C)OC[C@H]1C)c1ccccc1. The lowest BCUT2D eigenvalue weighted by Gasteiger charge is -2.37. The lowest BCUT2D eigenvalue weighted by molar-refractivity contribution is -0.0321. The molecule has 2 rings (SSSR count). The van der Waals surface area contributed by atoms with Gasteiger partial charge in [0.2, 0.25) is 0 Å². The lowest BCUT2D eigenvalue weighted by Crippen LogP contribution is -2.54. The Bertz CT molecular complexity index is 509. The Kier molecular flexibility index (Phi) is 5.24.